The molecule has 0 amide bonds. The standard InChI is InChI=1S/C11H18O/c1-9-6-7-11(10(9)2)5-3-4-8-12/h6,8,10-11H,3-5,7H2,1-2H3/t10?,11-/m1/s1. The van der Waals surface area contributed by atoms with Gasteiger partial charge in [-0.1, -0.05) is 18.6 Å². The number of hydrogen-bond donors (Lipinski definition) is 0. The molecule has 1 unspecified atom stereocenters. The third kappa shape index (κ3) is 2.20. The minimum absolute atomic E-state index is 0.738. The van der Waals surface area contributed by atoms with E-state index >= 15 is 0 Å². The van der Waals surface area contributed by atoms with Crippen molar-refractivity contribution in [2.45, 2.75) is 39.5 Å². The molecule has 0 spiro atoms. The monoisotopic (exact) mass is 166 g/mol. The third-order valence-electron chi connectivity index (χ3n) is 3.06. The maximum Gasteiger partial charge on any atom is 0.119 e. The number of unbranched alkanes of at least 4 members (excludes halogenated alkanes) is 1. The van der Waals surface area contributed by atoms with E-state index in [0.717, 1.165) is 31.0 Å². The summed E-state index contributed by atoms with van der Waals surface area (Å²) in [4.78, 5) is 10.1. The zero-order valence-corrected chi connectivity index (χ0v) is 8.05. The molecule has 0 aromatic heterocycles. The van der Waals surface area contributed by atoms with E-state index in [9.17, 15) is 4.79 Å². The SMILES string of the molecule is CC1=CC[C@@H](CCCC=O)C1C. The van der Waals surface area contributed by atoms with Crippen molar-refractivity contribution in [1.82, 2.24) is 0 Å². The zero-order chi connectivity index (χ0) is 8.97. The van der Waals surface area contributed by atoms with Gasteiger partial charge in [-0.3, -0.25) is 0 Å². The molecule has 0 radical (unpaired) electrons. The Hall–Kier alpha value is -0.590. The van der Waals surface area contributed by atoms with Crippen molar-refractivity contribution in [2.24, 2.45) is 11.8 Å². The van der Waals surface area contributed by atoms with Crippen molar-refractivity contribution >= 4 is 6.29 Å². The van der Waals surface area contributed by atoms with Crippen LogP contribution in [0.3, 0.4) is 0 Å². The molecular formula is C11H18O. The number of carbonyl (C=O) groups excluding carboxylic acids is 1. The third-order valence-corrected chi connectivity index (χ3v) is 3.06. The molecule has 68 valence electrons. The van der Waals surface area contributed by atoms with Gasteiger partial charge in [-0.2, -0.15) is 0 Å². The molecule has 1 rings (SSSR count). The topological polar surface area (TPSA) is 17.1 Å². The van der Waals surface area contributed by atoms with Crippen molar-refractivity contribution < 1.29 is 4.79 Å². The van der Waals surface area contributed by atoms with Gasteiger partial charge in [0.15, 0.2) is 0 Å². The highest BCUT2D eigenvalue weighted by Gasteiger charge is 2.22. The van der Waals surface area contributed by atoms with Crippen LogP contribution in [0.2, 0.25) is 0 Å². The summed E-state index contributed by atoms with van der Waals surface area (Å²) in [6.07, 6.45) is 7.62. The van der Waals surface area contributed by atoms with E-state index in [4.69, 9.17) is 0 Å². The summed E-state index contributed by atoms with van der Waals surface area (Å²) < 4.78 is 0. The summed E-state index contributed by atoms with van der Waals surface area (Å²) in [6.45, 7) is 4.51. The lowest BCUT2D eigenvalue weighted by molar-refractivity contribution is -0.108. The molecule has 0 saturated carbocycles. The average Bonchev–Trinajstić information content (AvgIpc) is 2.36. The Labute approximate surface area is 74.9 Å². The molecule has 0 aliphatic heterocycles. The molecular weight excluding hydrogens is 148 g/mol. The normalized spacial score (nSPS) is 28.7. The number of aldehydes is 1. The second-order valence-electron chi connectivity index (χ2n) is 3.83. The molecule has 0 N–H and O–H groups in total. The Morgan fingerprint density at radius 2 is 2.42 bits per heavy atom. The minimum atomic E-state index is 0.738. The fraction of sp³-hybridized carbons (Fsp3) is 0.727. The summed E-state index contributed by atoms with van der Waals surface area (Å²) >= 11 is 0. The Kier molecular flexibility index (Phi) is 3.51. The van der Waals surface area contributed by atoms with Gasteiger partial charge in [-0.25, -0.2) is 0 Å². The van der Waals surface area contributed by atoms with Crippen molar-refractivity contribution in [3.63, 3.8) is 0 Å². The molecule has 12 heavy (non-hydrogen) atoms. The fourth-order valence-electron chi connectivity index (χ4n) is 1.93. The molecule has 0 aromatic carbocycles. The molecule has 0 heterocycles. The van der Waals surface area contributed by atoms with Gasteiger partial charge in [-0.05, 0) is 38.0 Å². The molecule has 0 fully saturated rings. The van der Waals surface area contributed by atoms with Crippen LogP contribution in [-0.2, 0) is 4.79 Å². The molecule has 1 heteroatoms. The Morgan fingerprint density at radius 1 is 1.67 bits per heavy atom. The first kappa shape index (κ1) is 9.50. The van der Waals surface area contributed by atoms with E-state index < -0.39 is 0 Å². The van der Waals surface area contributed by atoms with Crippen molar-refractivity contribution in [1.29, 1.82) is 0 Å². The van der Waals surface area contributed by atoms with E-state index in [1.165, 1.54) is 18.4 Å². The predicted octanol–water partition coefficient (Wildman–Crippen LogP) is 2.96. The van der Waals surface area contributed by atoms with E-state index in [0.29, 0.717) is 0 Å². The maximum atomic E-state index is 10.1. The quantitative estimate of drug-likeness (QED) is 0.356. The number of carbonyl (C=O) groups is 1. The molecule has 0 bridgehead atoms. The predicted molar refractivity (Wildman–Crippen MR) is 50.9 cm³/mol. The molecule has 0 saturated heterocycles. The largest absolute Gasteiger partial charge is 0.303 e. The van der Waals surface area contributed by atoms with Crippen LogP contribution < -0.4 is 0 Å². The lowest BCUT2D eigenvalue weighted by atomic mass is 9.89. The van der Waals surface area contributed by atoms with E-state index in [1.807, 2.05) is 0 Å². The molecule has 1 aliphatic carbocycles. The van der Waals surface area contributed by atoms with Gasteiger partial charge in [-0.15, -0.1) is 0 Å². The van der Waals surface area contributed by atoms with Crippen molar-refractivity contribution in [3.8, 4) is 0 Å². The maximum absolute atomic E-state index is 10.1. The second kappa shape index (κ2) is 4.44. The van der Waals surface area contributed by atoms with Gasteiger partial charge in [0, 0.05) is 6.42 Å². The van der Waals surface area contributed by atoms with Crippen LogP contribution in [0.25, 0.3) is 0 Å². The van der Waals surface area contributed by atoms with Gasteiger partial charge in [0.05, 0.1) is 0 Å². The number of allylic oxidation sites excluding steroid dienone is 2. The van der Waals surface area contributed by atoms with Gasteiger partial charge in [0.1, 0.15) is 6.29 Å². The smallest absolute Gasteiger partial charge is 0.119 e. The highest BCUT2D eigenvalue weighted by molar-refractivity contribution is 5.48. The Balaban J connectivity index is 2.23. The second-order valence-corrected chi connectivity index (χ2v) is 3.83. The Morgan fingerprint density at radius 3 is 2.92 bits per heavy atom. The van der Waals surface area contributed by atoms with E-state index in [1.54, 1.807) is 0 Å². The van der Waals surface area contributed by atoms with Crippen LogP contribution in [0.15, 0.2) is 11.6 Å². The molecule has 1 nitrogen and oxygen atoms in total. The summed E-state index contributed by atoms with van der Waals surface area (Å²) in [5.74, 6) is 1.56. The lowest BCUT2D eigenvalue weighted by Gasteiger charge is -2.16. The average molecular weight is 166 g/mol. The lowest BCUT2D eigenvalue weighted by Crippen LogP contribution is -2.06. The highest BCUT2D eigenvalue weighted by Crippen LogP contribution is 2.34. The minimum Gasteiger partial charge on any atom is -0.303 e. The van der Waals surface area contributed by atoms with Gasteiger partial charge in [0.2, 0.25) is 0 Å². The summed E-state index contributed by atoms with van der Waals surface area (Å²) in [5, 5.41) is 0. The van der Waals surface area contributed by atoms with Crippen molar-refractivity contribution in [2.75, 3.05) is 0 Å². The fourth-order valence-corrected chi connectivity index (χ4v) is 1.93. The molecule has 1 aliphatic rings. The number of rotatable bonds is 4. The van der Waals surface area contributed by atoms with Crippen LogP contribution in [-0.4, -0.2) is 6.29 Å². The first-order valence-electron chi connectivity index (χ1n) is 4.86. The van der Waals surface area contributed by atoms with Gasteiger partial charge in [0.25, 0.3) is 0 Å². The summed E-state index contributed by atoms with van der Waals surface area (Å²) in [6, 6.07) is 0. The van der Waals surface area contributed by atoms with Gasteiger partial charge < -0.3 is 4.79 Å². The number of hydrogen-bond acceptors (Lipinski definition) is 1. The van der Waals surface area contributed by atoms with E-state index in [2.05, 4.69) is 19.9 Å². The van der Waals surface area contributed by atoms with Gasteiger partial charge >= 0.3 is 0 Å². The Bertz CT molecular complexity index is 181. The van der Waals surface area contributed by atoms with Crippen LogP contribution in [0.4, 0.5) is 0 Å². The zero-order valence-electron chi connectivity index (χ0n) is 8.05. The van der Waals surface area contributed by atoms with E-state index in [-0.39, 0.29) is 0 Å². The first-order chi connectivity index (χ1) is 5.75. The van der Waals surface area contributed by atoms with Crippen LogP contribution in [0, 0.1) is 11.8 Å². The highest BCUT2D eigenvalue weighted by atomic mass is 16.1. The summed E-state index contributed by atoms with van der Waals surface area (Å²) in [5.41, 5.74) is 1.53. The van der Waals surface area contributed by atoms with Crippen LogP contribution >= 0.6 is 0 Å². The van der Waals surface area contributed by atoms with Crippen LogP contribution in [0.5, 0.6) is 0 Å². The molecule has 0 aromatic rings. The molecule has 2 atom stereocenters. The van der Waals surface area contributed by atoms with Crippen molar-refractivity contribution in [3.05, 3.63) is 11.6 Å². The van der Waals surface area contributed by atoms with Crippen LogP contribution in [0.1, 0.15) is 39.5 Å². The summed E-state index contributed by atoms with van der Waals surface area (Å²) in [7, 11) is 0. The first-order valence-corrected chi connectivity index (χ1v) is 4.86.